The van der Waals surface area contributed by atoms with Gasteiger partial charge in [-0.05, 0) is 54.8 Å². The molecule has 1 aliphatic carbocycles. The molecule has 3 unspecified atom stereocenters. The first-order chi connectivity index (χ1) is 12.3. The van der Waals surface area contributed by atoms with Crippen molar-refractivity contribution in [2.75, 3.05) is 0 Å². The zero-order valence-electron chi connectivity index (χ0n) is 15.9. The van der Waals surface area contributed by atoms with Crippen LogP contribution in [0.5, 0.6) is 0 Å². The van der Waals surface area contributed by atoms with Gasteiger partial charge >= 0.3 is 0 Å². The summed E-state index contributed by atoms with van der Waals surface area (Å²) in [6, 6.07) is 3.79. The first kappa shape index (κ1) is 19.3. The number of carbonyl (C=O) groups is 1. The van der Waals surface area contributed by atoms with E-state index in [1.54, 1.807) is 11.3 Å². The molecule has 1 saturated carbocycles. The molecule has 1 aliphatic rings. The average Bonchev–Trinajstić information content (AvgIpc) is 3.23. The van der Waals surface area contributed by atoms with Crippen molar-refractivity contribution in [3.8, 4) is 10.7 Å². The molecular weight excluding hydrogens is 364 g/mol. The van der Waals surface area contributed by atoms with Gasteiger partial charge in [0.05, 0.1) is 4.88 Å². The van der Waals surface area contributed by atoms with Gasteiger partial charge in [0.2, 0.25) is 5.91 Å². The molecule has 5 nitrogen and oxygen atoms in total. The van der Waals surface area contributed by atoms with Gasteiger partial charge in [0.15, 0.2) is 10.6 Å². The van der Waals surface area contributed by atoms with E-state index < -0.39 is 6.04 Å². The number of hydrogen-bond donors (Lipinski definition) is 2. The molecule has 7 heteroatoms. The van der Waals surface area contributed by atoms with E-state index in [1.165, 1.54) is 19.3 Å². The molecule has 0 aliphatic heterocycles. The van der Waals surface area contributed by atoms with E-state index in [0.717, 1.165) is 17.1 Å². The van der Waals surface area contributed by atoms with Crippen molar-refractivity contribution in [3.63, 3.8) is 0 Å². The summed E-state index contributed by atoms with van der Waals surface area (Å²) < 4.78 is 2.30. The van der Waals surface area contributed by atoms with Crippen LogP contribution in [0.4, 0.5) is 0 Å². The fraction of sp³-hybridized carbons (Fsp3) is 0.632. The monoisotopic (exact) mass is 392 g/mol. The number of rotatable bonds is 4. The minimum absolute atomic E-state index is 0.0152. The highest BCUT2D eigenvalue weighted by Gasteiger charge is 2.36. The van der Waals surface area contributed by atoms with E-state index in [4.69, 9.17) is 12.2 Å². The van der Waals surface area contributed by atoms with Crippen LogP contribution in [0.1, 0.15) is 59.4 Å². The molecule has 0 aromatic carbocycles. The molecule has 3 rings (SSSR count). The van der Waals surface area contributed by atoms with Crippen LogP contribution in [-0.2, 0) is 4.79 Å². The van der Waals surface area contributed by atoms with Crippen LogP contribution in [0.15, 0.2) is 17.5 Å². The molecule has 26 heavy (non-hydrogen) atoms. The highest BCUT2D eigenvalue weighted by Crippen LogP contribution is 2.38. The van der Waals surface area contributed by atoms with Crippen molar-refractivity contribution in [2.45, 2.75) is 65.5 Å². The van der Waals surface area contributed by atoms with Crippen LogP contribution in [0.2, 0.25) is 0 Å². The van der Waals surface area contributed by atoms with E-state index in [2.05, 4.69) is 36.3 Å². The lowest BCUT2D eigenvalue weighted by atomic mass is 9.69. The predicted octanol–water partition coefficient (Wildman–Crippen LogP) is 4.95. The summed E-state index contributed by atoms with van der Waals surface area (Å²) in [5.41, 5.74) is 0.190. The van der Waals surface area contributed by atoms with E-state index in [-0.39, 0.29) is 17.4 Å². The van der Waals surface area contributed by atoms with Gasteiger partial charge in [0.1, 0.15) is 6.04 Å². The number of nitrogens with zero attached hydrogens (tertiary/aromatic N) is 2. The lowest BCUT2D eigenvalue weighted by Gasteiger charge is -2.41. The fourth-order valence-corrected chi connectivity index (χ4v) is 5.00. The highest BCUT2D eigenvalue weighted by molar-refractivity contribution is 7.71. The van der Waals surface area contributed by atoms with E-state index >= 15 is 0 Å². The van der Waals surface area contributed by atoms with Gasteiger partial charge in [-0.3, -0.25) is 14.5 Å². The van der Waals surface area contributed by atoms with Crippen molar-refractivity contribution >= 4 is 29.5 Å². The highest BCUT2D eigenvalue weighted by atomic mass is 32.1. The van der Waals surface area contributed by atoms with Crippen LogP contribution in [0.25, 0.3) is 10.7 Å². The molecule has 1 amide bonds. The minimum Gasteiger partial charge on any atom is -0.351 e. The molecule has 0 saturated heterocycles. The normalized spacial score (nSPS) is 22.2. The van der Waals surface area contributed by atoms with Gasteiger partial charge in [-0.2, -0.15) is 5.10 Å². The summed E-state index contributed by atoms with van der Waals surface area (Å²) in [5.74, 6) is 1.24. The molecular formula is C19H28N4OS2. The Morgan fingerprint density at radius 2 is 2.15 bits per heavy atom. The molecule has 0 radical (unpaired) electrons. The number of thiophene rings is 1. The number of carbonyl (C=O) groups excluding carboxylic acids is 1. The summed E-state index contributed by atoms with van der Waals surface area (Å²) in [7, 11) is 0. The molecule has 2 aromatic heterocycles. The second kappa shape index (κ2) is 7.64. The third kappa shape index (κ3) is 3.93. The summed E-state index contributed by atoms with van der Waals surface area (Å²) >= 11 is 6.99. The summed E-state index contributed by atoms with van der Waals surface area (Å²) in [6.45, 7) is 8.71. The maximum absolute atomic E-state index is 13.0. The number of nitrogens with one attached hydrogen (secondary N) is 2. The second-order valence-electron chi connectivity index (χ2n) is 8.25. The van der Waals surface area contributed by atoms with Gasteiger partial charge in [-0.15, -0.1) is 11.3 Å². The number of aromatic amines is 1. The molecule has 2 aromatic rings. The predicted molar refractivity (Wildman–Crippen MR) is 109 cm³/mol. The molecule has 1 fully saturated rings. The van der Waals surface area contributed by atoms with Crippen molar-refractivity contribution in [2.24, 2.45) is 11.3 Å². The van der Waals surface area contributed by atoms with Crippen molar-refractivity contribution in [3.05, 3.63) is 22.3 Å². The van der Waals surface area contributed by atoms with Crippen molar-refractivity contribution in [1.82, 2.24) is 20.1 Å². The molecule has 3 atom stereocenters. The van der Waals surface area contributed by atoms with Crippen LogP contribution in [0.3, 0.4) is 0 Å². The topological polar surface area (TPSA) is 62.7 Å². The van der Waals surface area contributed by atoms with E-state index in [9.17, 15) is 4.79 Å². The SMILES string of the molecule is CC(C(=O)NC1CCCCC1C(C)(C)C)n1c(-c2cccs2)n[nH]c1=S. The lowest BCUT2D eigenvalue weighted by Crippen LogP contribution is -2.48. The standard InChI is InChI=1S/C19H28N4OS2/c1-12(23-16(21-22-18(23)25)15-10-7-11-26-15)17(24)20-14-9-6-5-8-13(14)19(2,3)4/h7,10-14H,5-6,8-9H2,1-4H3,(H,20,24)(H,22,25). The van der Waals surface area contributed by atoms with Crippen LogP contribution in [-0.4, -0.2) is 26.7 Å². The van der Waals surface area contributed by atoms with Crippen molar-refractivity contribution in [1.29, 1.82) is 0 Å². The Morgan fingerprint density at radius 3 is 2.81 bits per heavy atom. The molecule has 2 heterocycles. The van der Waals surface area contributed by atoms with Crippen molar-refractivity contribution < 1.29 is 4.79 Å². The molecule has 142 valence electrons. The maximum atomic E-state index is 13.0. The molecule has 0 spiro atoms. The first-order valence-electron chi connectivity index (χ1n) is 9.30. The van der Waals surface area contributed by atoms with Gasteiger partial charge < -0.3 is 5.32 Å². The summed E-state index contributed by atoms with van der Waals surface area (Å²) in [5, 5.41) is 12.5. The fourth-order valence-electron chi connectivity index (χ4n) is 4.00. The molecule has 0 bridgehead atoms. The minimum atomic E-state index is -0.402. The molecule has 2 N–H and O–H groups in total. The van der Waals surface area contributed by atoms with Gasteiger partial charge in [-0.25, -0.2) is 0 Å². The Bertz CT molecular complexity index is 800. The average molecular weight is 393 g/mol. The van der Waals surface area contributed by atoms with Gasteiger partial charge in [0.25, 0.3) is 0 Å². The Kier molecular flexibility index (Phi) is 5.67. The van der Waals surface area contributed by atoms with Gasteiger partial charge in [-0.1, -0.05) is 39.7 Å². The quantitative estimate of drug-likeness (QED) is 0.724. The van der Waals surface area contributed by atoms with E-state index in [0.29, 0.717) is 10.7 Å². The largest absolute Gasteiger partial charge is 0.351 e. The van der Waals surface area contributed by atoms with Crippen LogP contribution in [0, 0.1) is 16.1 Å². The first-order valence-corrected chi connectivity index (χ1v) is 10.6. The van der Waals surface area contributed by atoms with E-state index in [1.807, 2.05) is 29.0 Å². The van der Waals surface area contributed by atoms with Gasteiger partial charge in [0, 0.05) is 6.04 Å². The number of amides is 1. The zero-order valence-corrected chi connectivity index (χ0v) is 17.5. The third-order valence-corrected chi connectivity index (χ3v) is 6.57. The summed E-state index contributed by atoms with van der Waals surface area (Å²) in [4.78, 5) is 14.0. The number of aromatic nitrogens is 3. The third-order valence-electron chi connectivity index (χ3n) is 5.42. The lowest BCUT2D eigenvalue weighted by molar-refractivity contribution is -0.125. The summed E-state index contributed by atoms with van der Waals surface area (Å²) in [6.07, 6.45) is 4.65. The Morgan fingerprint density at radius 1 is 1.42 bits per heavy atom. The zero-order chi connectivity index (χ0) is 18.9. The Balaban J connectivity index is 1.80. The number of hydrogen-bond acceptors (Lipinski definition) is 4. The second-order valence-corrected chi connectivity index (χ2v) is 9.58. The van der Waals surface area contributed by atoms with Crippen LogP contribution < -0.4 is 5.32 Å². The van der Waals surface area contributed by atoms with Crippen LogP contribution >= 0.6 is 23.6 Å². The maximum Gasteiger partial charge on any atom is 0.243 e. The Hall–Kier alpha value is -1.47. The Labute approximate surface area is 164 Å². The smallest absolute Gasteiger partial charge is 0.243 e. The number of H-pyrrole nitrogens is 1.